The summed E-state index contributed by atoms with van der Waals surface area (Å²) >= 11 is 0. The third-order valence-electron chi connectivity index (χ3n) is 4.51. The van der Waals surface area contributed by atoms with Gasteiger partial charge in [0, 0.05) is 23.0 Å². The molecule has 0 radical (unpaired) electrons. The lowest BCUT2D eigenvalue weighted by Gasteiger charge is -2.09. The van der Waals surface area contributed by atoms with Crippen LogP contribution in [0.4, 0.5) is 0 Å². The maximum atomic E-state index is 11.9. The minimum Gasteiger partial charge on any atom is -0.497 e. The van der Waals surface area contributed by atoms with E-state index < -0.39 is 0 Å². The summed E-state index contributed by atoms with van der Waals surface area (Å²) in [6.45, 7) is 0. The highest BCUT2D eigenvalue weighted by atomic mass is 16.5. The molecular weight excluding hydrogens is 358 g/mol. The van der Waals surface area contributed by atoms with Gasteiger partial charge in [-0.3, -0.25) is 4.79 Å². The molecule has 3 aromatic rings. The normalized spacial score (nSPS) is 10.4. The molecule has 1 aromatic heterocycles. The lowest BCUT2D eigenvalue weighted by Crippen LogP contribution is -2.05. The van der Waals surface area contributed by atoms with Crippen molar-refractivity contribution in [2.75, 3.05) is 28.4 Å². The average molecular weight is 381 g/mol. The largest absolute Gasteiger partial charge is 0.497 e. The van der Waals surface area contributed by atoms with Gasteiger partial charge < -0.3 is 23.9 Å². The number of H-pyrrole nitrogens is 1. The molecular formula is C22H23NO5. The van der Waals surface area contributed by atoms with E-state index >= 15 is 0 Å². The van der Waals surface area contributed by atoms with Gasteiger partial charge in [0.2, 0.25) is 0 Å². The maximum Gasteiger partial charge on any atom is 0.311 e. The quantitative estimate of drug-likeness (QED) is 0.624. The zero-order valence-electron chi connectivity index (χ0n) is 16.4. The van der Waals surface area contributed by atoms with E-state index in [-0.39, 0.29) is 12.4 Å². The number of aromatic nitrogens is 1. The van der Waals surface area contributed by atoms with Gasteiger partial charge in [-0.25, -0.2) is 0 Å². The molecule has 0 aliphatic heterocycles. The number of ether oxygens (including phenoxy) is 4. The molecule has 1 heterocycles. The molecule has 0 spiro atoms. The van der Waals surface area contributed by atoms with Gasteiger partial charge in [-0.2, -0.15) is 0 Å². The number of hydrogen-bond donors (Lipinski definition) is 1. The monoisotopic (exact) mass is 381 g/mol. The summed E-state index contributed by atoms with van der Waals surface area (Å²) in [4.78, 5) is 15.3. The van der Waals surface area contributed by atoms with E-state index in [1.165, 1.54) is 7.11 Å². The van der Waals surface area contributed by atoms with Gasteiger partial charge in [0.25, 0.3) is 0 Å². The lowest BCUT2D eigenvalue weighted by atomic mass is 10.0. The lowest BCUT2D eigenvalue weighted by molar-refractivity contribution is -0.139. The first-order valence-electron chi connectivity index (χ1n) is 8.74. The summed E-state index contributed by atoms with van der Waals surface area (Å²) in [5, 5.41) is 0. The fourth-order valence-corrected chi connectivity index (χ4v) is 3.00. The number of methoxy groups -OCH3 is 4. The first-order valence-corrected chi connectivity index (χ1v) is 8.74. The third-order valence-corrected chi connectivity index (χ3v) is 4.51. The van der Waals surface area contributed by atoms with Gasteiger partial charge in [0.05, 0.1) is 34.9 Å². The zero-order valence-corrected chi connectivity index (χ0v) is 16.4. The van der Waals surface area contributed by atoms with E-state index in [0.29, 0.717) is 11.5 Å². The number of rotatable bonds is 7. The van der Waals surface area contributed by atoms with Crippen molar-refractivity contribution in [2.24, 2.45) is 0 Å². The molecule has 3 rings (SSSR count). The fourth-order valence-electron chi connectivity index (χ4n) is 3.00. The minimum atomic E-state index is -0.320. The Morgan fingerprint density at radius 1 is 0.786 bits per heavy atom. The molecule has 6 nitrogen and oxygen atoms in total. The second kappa shape index (κ2) is 8.52. The molecule has 0 atom stereocenters. The summed E-state index contributed by atoms with van der Waals surface area (Å²) in [7, 11) is 6.22. The number of nitrogens with one attached hydrogen (secondary N) is 1. The molecule has 0 saturated heterocycles. The average Bonchev–Trinajstić information content (AvgIpc) is 3.16. The molecule has 0 unspecified atom stereocenters. The number of benzene rings is 2. The molecule has 0 amide bonds. The van der Waals surface area contributed by atoms with E-state index in [9.17, 15) is 4.79 Å². The summed E-state index contributed by atoms with van der Waals surface area (Å²) in [6, 6.07) is 15.3. The highest BCUT2D eigenvalue weighted by molar-refractivity contribution is 5.81. The van der Waals surface area contributed by atoms with E-state index in [2.05, 4.69) is 4.98 Å². The van der Waals surface area contributed by atoms with E-state index in [0.717, 1.165) is 33.8 Å². The molecule has 0 aliphatic rings. The van der Waals surface area contributed by atoms with Crippen molar-refractivity contribution in [1.82, 2.24) is 4.98 Å². The number of carbonyl (C=O) groups excluding carboxylic acids is 1. The van der Waals surface area contributed by atoms with Crippen molar-refractivity contribution in [2.45, 2.75) is 6.42 Å². The summed E-state index contributed by atoms with van der Waals surface area (Å²) in [5.74, 6) is 1.80. The number of esters is 1. The molecule has 2 aromatic carbocycles. The first-order chi connectivity index (χ1) is 13.6. The van der Waals surface area contributed by atoms with Crippen molar-refractivity contribution in [1.29, 1.82) is 0 Å². The second-order valence-electron chi connectivity index (χ2n) is 6.16. The Labute approximate surface area is 164 Å². The predicted molar refractivity (Wildman–Crippen MR) is 107 cm³/mol. The third kappa shape index (κ3) is 4.11. The highest BCUT2D eigenvalue weighted by Gasteiger charge is 2.16. The van der Waals surface area contributed by atoms with Crippen LogP contribution in [0.25, 0.3) is 22.4 Å². The van der Waals surface area contributed by atoms with Gasteiger partial charge in [-0.1, -0.05) is 0 Å². The van der Waals surface area contributed by atoms with Crippen molar-refractivity contribution >= 4 is 5.97 Å². The van der Waals surface area contributed by atoms with Crippen molar-refractivity contribution in [3.05, 3.63) is 54.2 Å². The summed E-state index contributed by atoms with van der Waals surface area (Å²) in [6.07, 6.45) is 0.127. The Morgan fingerprint density at radius 3 is 1.93 bits per heavy atom. The molecule has 1 N–H and O–H groups in total. The van der Waals surface area contributed by atoms with Crippen LogP contribution >= 0.6 is 0 Å². The van der Waals surface area contributed by atoms with Gasteiger partial charge >= 0.3 is 5.97 Å². The van der Waals surface area contributed by atoms with Crippen LogP contribution in [-0.2, 0) is 16.0 Å². The van der Waals surface area contributed by atoms with Crippen molar-refractivity contribution in [3.63, 3.8) is 0 Å². The smallest absolute Gasteiger partial charge is 0.311 e. The Bertz CT molecular complexity index is 937. The Hall–Kier alpha value is -3.41. The fraction of sp³-hybridized carbons (Fsp3) is 0.227. The Morgan fingerprint density at radius 2 is 1.39 bits per heavy atom. The molecule has 0 bridgehead atoms. The van der Waals surface area contributed by atoms with Crippen LogP contribution in [0.2, 0.25) is 0 Å². The molecule has 146 valence electrons. The van der Waals surface area contributed by atoms with Gasteiger partial charge in [-0.05, 0) is 53.6 Å². The first kappa shape index (κ1) is 19.4. The zero-order chi connectivity index (χ0) is 20.1. The van der Waals surface area contributed by atoms with Crippen molar-refractivity contribution < 1.29 is 23.7 Å². The SMILES string of the molecule is COC(=O)Cc1[nH]c(-c2ccc(OC)cc2)cc1-c1cc(OC)cc(OC)c1. The van der Waals surface area contributed by atoms with Gasteiger partial charge in [-0.15, -0.1) is 0 Å². The maximum absolute atomic E-state index is 11.9. The van der Waals surface area contributed by atoms with Crippen LogP contribution in [0.1, 0.15) is 5.69 Å². The van der Waals surface area contributed by atoms with E-state index in [1.807, 2.05) is 42.5 Å². The summed E-state index contributed by atoms with van der Waals surface area (Å²) < 4.78 is 20.8. The second-order valence-corrected chi connectivity index (χ2v) is 6.16. The number of carbonyl (C=O) groups is 1. The standard InChI is InChI=1S/C22H23NO5/c1-25-16-7-5-14(6-8-16)20-12-19(21(23-20)13-22(24)28-4)15-9-17(26-2)11-18(10-15)27-3/h5-12,23H,13H2,1-4H3. The highest BCUT2D eigenvalue weighted by Crippen LogP contribution is 2.35. The molecule has 28 heavy (non-hydrogen) atoms. The van der Waals surface area contributed by atoms with Crippen molar-refractivity contribution in [3.8, 4) is 39.6 Å². The van der Waals surface area contributed by atoms with Crippen LogP contribution in [0.3, 0.4) is 0 Å². The van der Waals surface area contributed by atoms with Crippen LogP contribution in [-0.4, -0.2) is 39.4 Å². The van der Waals surface area contributed by atoms with Gasteiger partial charge in [0.15, 0.2) is 0 Å². The van der Waals surface area contributed by atoms with E-state index in [4.69, 9.17) is 18.9 Å². The number of aromatic amines is 1. The van der Waals surface area contributed by atoms with Crippen LogP contribution in [0.15, 0.2) is 48.5 Å². The van der Waals surface area contributed by atoms with Crippen LogP contribution in [0, 0.1) is 0 Å². The molecule has 0 fully saturated rings. The van der Waals surface area contributed by atoms with Crippen LogP contribution in [0.5, 0.6) is 17.2 Å². The predicted octanol–water partition coefficient (Wildman–Crippen LogP) is 4.09. The molecule has 6 heteroatoms. The van der Waals surface area contributed by atoms with Crippen LogP contribution < -0.4 is 14.2 Å². The molecule has 0 saturated carbocycles. The topological polar surface area (TPSA) is 69.8 Å². The Kier molecular flexibility index (Phi) is 5.89. The molecule has 0 aliphatic carbocycles. The Balaban J connectivity index is 2.10. The minimum absolute atomic E-state index is 0.127. The summed E-state index contributed by atoms with van der Waals surface area (Å²) in [5.41, 5.74) is 4.39. The van der Waals surface area contributed by atoms with E-state index in [1.54, 1.807) is 27.4 Å². The van der Waals surface area contributed by atoms with Gasteiger partial charge in [0.1, 0.15) is 17.2 Å². The number of hydrogen-bond acceptors (Lipinski definition) is 5.